The highest BCUT2D eigenvalue weighted by Crippen LogP contribution is 2.28. The molecule has 2 aromatic carbocycles. The maximum atomic E-state index is 12.8. The number of benzene rings is 2. The molecule has 0 spiro atoms. The Morgan fingerprint density at radius 1 is 1.24 bits per heavy atom. The van der Waals surface area contributed by atoms with Crippen molar-refractivity contribution in [2.45, 2.75) is 39.0 Å². The lowest BCUT2D eigenvalue weighted by Gasteiger charge is -2.31. The second kappa shape index (κ2) is 8.47. The van der Waals surface area contributed by atoms with Crippen LogP contribution >= 0.6 is 0 Å². The molecule has 4 rings (SSSR count). The van der Waals surface area contributed by atoms with Crippen LogP contribution in [0, 0.1) is 6.92 Å². The van der Waals surface area contributed by atoms with E-state index in [0.717, 1.165) is 48.2 Å². The van der Waals surface area contributed by atoms with Crippen molar-refractivity contribution in [3.8, 4) is 11.4 Å². The molecule has 150 valence electrons. The number of nitrogens with one attached hydrogen (secondary N) is 1. The van der Waals surface area contributed by atoms with E-state index in [4.69, 9.17) is 4.52 Å². The van der Waals surface area contributed by atoms with Crippen molar-refractivity contribution in [3.63, 3.8) is 0 Å². The molecule has 29 heavy (non-hydrogen) atoms. The Balaban J connectivity index is 1.45. The first-order chi connectivity index (χ1) is 14.1. The molecule has 6 heteroatoms. The summed E-state index contributed by atoms with van der Waals surface area (Å²) < 4.78 is 5.56. The Bertz CT molecular complexity index is 998. The molecule has 3 aromatic rings. The molecule has 1 aliphatic rings. The van der Waals surface area contributed by atoms with Gasteiger partial charge in [0.15, 0.2) is 0 Å². The van der Waals surface area contributed by atoms with E-state index in [1.165, 1.54) is 0 Å². The summed E-state index contributed by atoms with van der Waals surface area (Å²) in [7, 11) is 0. The van der Waals surface area contributed by atoms with Crippen LogP contribution in [0.3, 0.4) is 0 Å². The zero-order chi connectivity index (χ0) is 20.2. The highest BCUT2D eigenvalue weighted by molar-refractivity contribution is 5.90. The van der Waals surface area contributed by atoms with Gasteiger partial charge in [-0.3, -0.25) is 0 Å². The summed E-state index contributed by atoms with van der Waals surface area (Å²) in [6, 6.07) is 15.9. The van der Waals surface area contributed by atoms with E-state index in [1.807, 2.05) is 60.4 Å². The third-order valence-corrected chi connectivity index (χ3v) is 5.42. The summed E-state index contributed by atoms with van der Waals surface area (Å²) in [5.74, 6) is 1.26. The molecule has 1 saturated heterocycles. The van der Waals surface area contributed by atoms with E-state index in [2.05, 4.69) is 22.4 Å². The van der Waals surface area contributed by atoms with Crippen LogP contribution in [0.25, 0.3) is 11.4 Å². The van der Waals surface area contributed by atoms with Gasteiger partial charge in [-0.05, 0) is 43.9 Å². The number of urea groups is 1. The normalized spacial score (nSPS) is 16.6. The lowest BCUT2D eigenvalue weighted by Crippen LogP contribution is -2.41. The number of rotatable bonds is 4. The fourth-order valence-electron chi connectivity index (χ4n) is 3.81. The largest absolute Gasteiger partial charge is 0.339 e. The van der Waals surface area contributed by atoms with E-state index in [1.54, 1.807) is 0 Å². The number of hydrogen-bond acceptors (Lipinski definition) is 4. The minimum atomic E-state index is -0.0750. The van der Waals surface area contributed by atoms with Crippen LogP contribution in [0.5, 0.6) is 0 Å². The second-order valence-electron chi connectivity index (χ2n) is 7.55. The number of anilines is 1. The summed E-state index contributed by atoms with van der Waals surface area (Å²) in [6.07, 6.45) is 2.73. The van der Waals surface area contributed by atoms with Crippen LogP contribution in [0.1, 0.15) is 42.7 Å². The number of likely N-dealkylation sites (tertiary alicyclic amines) is 1. The molecule has 1 N–H and O–H groups in total. The molecular weight excluding hydrogens is 364 g/mol. The number of carbonyl (C=O) groups excluding carboxylic acids is 1. The average Bonchev–Trinajstić information content (AvgIpc) is 3.25. The Morgan fingerprint density at radius 3 is 2.93 bits per heavy atom. The van der Waals surface area contributed by atoms with Gasteiger partial charge in [0.05, 0.1) is 5.92 Å². The van der Waals surface area contributed by atoms with Crippen molar-refractivity contribution in [3.05, 3.63) is 65.5 Å². The molecule has 2 heterocycles. The predicted molar refractivity (Wildman–Crippen MR) is 113 cm³/mol. The summed E-state index contributed by atoms with van der Waals surface area (Å²) in [4.78, 5) is 19.3. The minimum Gasteiger partial charge on any atom is -0.339 e. The zero-order valence-corrected chi connectivity index (χ0v) is 16.9. The van der Waals surface area contributed by atoms with Crippen molar-refractivity contribution in [2.24, 2.45) is 0 Å². The molecule has 6 nitrogen and oxygen atoms in total. The average molecular weight is 390 g/mol. The van der Waals surface area contributed by atoms with Crippen LogP contribution < -0.4 is 5.32 Å². The van der Waals surface area contributed by atoms with Gasteiger partial charge in [-0.25, -0.2) is 4.79 Å². The molecule has 2 amide bonds. The van der Waals surface area contributed by atoms with Gasteiger partial charge in [0.2, 0.25) is 11.7 Å². The lowest BCUT2D eigenvalue weighted by molar-refractivity contribution is 0.184. The van der Waals surface area contributed by atoms with E-state index in [9.17, 15) is 4.79 Å². The number of aromatic nitrogens is 2. The van der Waals surface area contributed by atoms with E-state index >= 15 is 0 Å². The van der Waals surface area contributed by atoms with Gasteiger partial charge in [-0.15, -0.1) is 0 Å². The van der Waals surface area contributed by atoms with Gasteiger partial charge in [0.1, 0.15) is 0 Å². The third-order valence-electron chi connectivity index (χ3n) is 5.42. The summed E-state index contributed by atoms with van der Waals surface area (Å²) in [5, 5.41) is 7.22. The van der Waals surface area contributed by atoms with Crippen molar-refractivity contribution in [1.82, 2.24) is 15.0 Å². The van der Waals surface area contributed by atoms with Crippen LogP contribution in [0.15, 0.2) is 53.1 Å². The minimum absolute atomic E-state index is 0.0574. The quantitative estimate of drug-likeness (QED) is 0.679. The first kappa shape index (κ1) is 19.2. The molecular formula is C23H26N4O2. The number of hydrogen-bond donors (Lipinski definition) is 1. The molecule has 1 aromatic heterocycles. The van der Waals surface area contributed by atoms with E-state index in [0.29, 0.717) is 18.3 Å². The topological polar surface area (TPSA) is 71.3 Å². The highest BCUT2D eigenvalue weighted by atomic mass is 16.5. The summed E-state index contributed by atoms with van der Waals surface area (Å²) >= 11 is 0. The van der Waals surface area contributed by atoms with Crippen LogP contribution in [-0.2, 0) is 6.42 Å². The van der Waals surface area contributed by atoms with Crippen LogP contribution in [0.4, 0.5) is 10.5 Å². The van der Waals surface area contributed by atoms with E-state index in [-0.39, 0.29) is 11.9 Å². The first-order valence-electron chi connectivity index (χ1n) is 10.2. The SMILES string of the molecule is CCc1ccccc1NC(=O)N1CCC[C@H](c2nc(-c3cccc(C)c3)no2)C1. The van der Waals surface area contributed by atoms with Gasteiger partial charge in [0, 0.05) is 24.3 Å². The Hall–Kier alpha value is -3.15. The molecule has 1 aliphatic heterocycles. The molecule has 0 bridgehead atoms. The van der Waals surface area contributed by atoms with Gasteiger partial charge in [-0.1, -0.05) is 54.0 Å². The smallest absolute Gasteiger partial charge is 0.321 e. The Morgan fingerprint density at radius 2 is 2.10 bits per heavy atom. The van der Waals surface area contributed by atoms with Crippen molar-refractivity contribution >= 4 is 11.7 Å². The standard InChI is InChI=1S/C23H26N4O2/c1-3-17-9-4-5-12-20(17)24-23(28)27-13-7-11-19(15-27)22-25-21(26-29-22)18-10-6-8-16(2)14-18/h4-6,8-10,12,14,19H,3,7,11,13,15H2,1-2H3,(H,24,28)/t19-/m0/s1. The van der Waals surface area contributed by atoms with Gasteiger partial charge in [0.25, 0.3) is 0 Å². The molecule has 1 fully saturated rings. The van der Waals surface area contributed by atoms with Crippen molar-refractivity contribution in [2.75, 3.05) is 18.4 Å². The molecule has 1 atom stereocenters. The maximum Gasteiger partial charge on any atom is 0.321 e. The second-order valence-corrected chi connectivity index (χ2v) is 7.55. The fraction of sp³-hybridized carbons (Fsp3) is 0.348. The van der Waals surface area contributed by atoms with Gasteiger partial charge < -0.3 is 14.7 Å². The molecule has 0 radical (unpaired) electrons. The van der Waals surface area contributed by atoms with Crippen LogP contribution in [0.2, 0.25) is 0 Å². The van der Waals surface area contributed by atoms with Crippen molar-refractivity contribution < 1.29 is 9.32 Å². The predicted octanol–water partition coefficient (Wildman–Crippen LogP) is 5.02. The fourth-order valence-corrected chi connectivity index (χ4v) is 3.81. The first-order valence-corrected chi connectivity index (χ1v) is 10.2. The van der Waals surface area contributed by atoms with E-state index < -0.39 is 0 Å². The highest BCUT2D eigenvalue weighted by Gasteiger charge is 2.29. The number of carbonyl (C=O) groups is 1. The van der Waals surface area contributed by atoms with Gasteiger partial charge in [-0.2, -0.15) is 4.98 Å². The summed E-state index contributed by atoms with van der Waals surface area (Å²) in [5.41, 5.74) is 4.11. The monoisotopic (exact) mass is 390 g/mol. The summed E-state index contributed by atoms with van der Waals surface area (Å²) in [6.45, 7) is 5.44. The Kier molecular flexibility index (Phi) is 5.60. The number of piperidine rings is 1. The third kappa shape index (κ3) is 4.31. The molecule has 0 unspecified atom stereocenters. The number of nitrogens with zero attached hydrogens (tertiary/aromatic N) is 3. The molecule has 0 saturated carbocycles. The lowest BCUT2D eigenvalue weighted by atomic mass is 9.98. The van der Waals surface area contributed by atoms with Crippen LogP contribution in [-0.4, -0.2) is 34.2 Å². The van der Waals surface area contributed by atoms with Gasteiger partial charge >= 0.3 is 6.03 Å². The number of amides is 2. The number of para-hydroxylation sites is 1. The zero-order valence-electron chi connectivity index (χ0n) is 16.9. The Labute approximate surface area is 170 Å². The number of aryl methyl sites for hydroxylation is 2. The molecule has 0 aliphatic carbocycles. The van der Waals surface area contributed by atoms with Crippen molar-refractivity contribution in [1.29, 1.82) is 0 Å². The maximum absolute atomic E-state index is 12.8.